The Bertz CT molecular complexity index is 576. The van der Waals surface area contributed by atoms with Crippen LogP contribution in [0.15, 0.2) is 58.7 Å². The van der Waals surface area contributed by atoms with Crippen molar-refractivity contribution in [2.24, 2.45) is 0 Å². The molecule has 2 rings (SSSR count). The minimum atomic E-state index is -0.429. The highest BCUT2D eigenvalue weighted by Crippen LogP contribution is 2.08. The zero-order valence-electron chi connectivity index (χ0n) is 11.7. The lowest BCUT2D eigenvalue weighted by atomic mass is 10.2. The highest BCUT2D eigenvalue weighted by atomic mass is 16.6. The Labute approximate surface area is 123 Å². The van der Waals surface area contributed by atoms with Crippen LogP contribution in [0, 0.1) is 0 Å². The third-order valence-corrected chi connectivity index (χ3v) is 2.75. The van der Waals surface area contributed by atoms with Gasteiger partial charge in [-0.1, -0.05) is 30.3 Å². The van der Waals surface area contributed by atoms with E-state index in [-0.39, 0.29) is 6.54 Å². The molecule has 0 aliphatic heterocycles. The number of furan rings is 1. The molecule has 5 nitrogen and oxygen atoms in total. The number of hydroxylamine groups is 1. The van der Waals surface area contributed by atoms with E-state index in [0.29, 0.717) is 17.9 Å². The lowest BCUT2D eigenvalue weighted by molar-refractivity contribution is -0.136. The van der Waals surface area contributed by atoms with E-state index in [1.54, 1.807) is 24.5 Å². The highest BCUT2D eigenvalue weighted by molar-refractivity contribution is 5.93. The van der Waals surface area contributed by atoms with Gasteiger partial charge in [0.2, 0.25) is 0 Å². The highest BCUT2D eigenvalue weighted by Gasteiger charge is 2.10. The Morgan fingerprint density at radius 1 is 1.24 bits per heavy atom. The fraction of sp³-hybridized carbons (Fsp3) is 0.188. The minimum Gasteiger partial charge on any atom is -0.466 e. The zero-order valence-corrected chi connectivity index (χ0v) is 11.7. The molecule has 0 fully saturated rings. The molecule has 110 valence electrons. The SMILES string of the molecule is COC(=O)/C(=C\c1ccco1)CNOCc1ccccc1. The van der Waals surface area contributed by atoms with Crippen molar-refractivity contribution in [1.29, 1.82) is 0 Å². The van der Waals surface area contributed by atoms with E-state index in [4.69, 9.17) is 14.0 Å². The van der Waals surface area contributed by atoms with Crippen LogP contribution < -0.4 is 5.48 Å². The Kier molecular flexibility index (Phi) is 5.75. The zero-order chi connectivity index (χ0) is 14.9. The molecule has 0 saturated carbocycles. The third-order valence-electron chi connectivity index (χ3n) is 2.75. The number of hydrogen-bond acceptors (Lipinski definition) is 5. The summed E-state index contributed by atoms with van der Waals surface area (Å²) in [7, 11) is 1.34. The second-order valence-electron chi connectivity index (χ2n) is 4.27. The number of benzene rings is 1. The molecule has 1 heterocycles. The summed E-state index contributed by atoms with van der Waals surface area (Å²) in [6.07, 6.45) is 3.16. The molecule has 21 heavy (non-hydrogen) atoms. The first-order chi connectivity index (χ1) is 10.3. The Hall–Kier alpha value is -2.37. The average Bonchev–Trinajstić information content (AvgIpc) is 3.03. The van der Waals surface area contributed by atoms with Gasteiger partial charge in [-0.05, 0) is 23.8 Å². The molecule has 0 atom stereocenters. The molecule has 5 heteroatoms. The van der Waals surface area contributed by atoms with Gasteiger partial charge in [-0.2, -0.15) is 5.48 Å². The maximum atomic E-state index is 11.7. The standard InChI is InChI=1S/C16H17NO4/c1-19-16(18)14(10-15-8-5-9-20-15)11-17-21-12-13-6-3-2-4-7-13/h2-10,17H,11-12H2,1H3/b14-10-. The summed E-state index contributed by atoms with van der Waals surface area (Å²) in [6, 6.07) is 13.3. The summed E-state index contributed by atoms with van der Waals surface area (Å²) >= 11 is 0. The van der Waals surface area contributed by atoms with E-state index < -0.39 is 5.97 Å². The maximum Gasteiger partial charge on any atom is 0.335 e. The van der Waals surface area contributed by atoms with Crippen LogP contribution in [0.5, 0.6) is 0 Å². The first-order valence-corrected chi connectivity index (χ1v) is 6.50. The van der Waals surface area contributed by atoms with E-state index in [0.717, 1.165) is 5.56 Å². The van der Waals surface area contributed by atoms with Crippen molar-refractivity contribution in [2.45, 2.75) is 6.61 Å². The summed E-state index contributed by atoms with van der Waals surface area (Å²) in [6.45, 7) is 0.635. The number of methoxy groups -OCH3 is 1. The number of nitrogens with one attached hydrogen (secondary N) is 1. The first kappa shape index (κ1) is 15.0. The normalized spacial score (nSPS) is 11.4. The van der Waals surface area contributed by atoms with Crippen LogP contribution in [0.3, 0.4) is 0 Å². The molecule has 0 aliphatic carbocycles. The van der Waals surface area contributed by atoms with Crippen molar-refractivity contribution in [1.82, 2.24) is 5.48 Å². The molecule has 0 spiro atoms. The van der Waals surface area contributed by atoms with E-state index >= 15 is 0 Å². The maximum absolute atomic E-state index is 11.7. The lowest BCUT2D eigenvalue weighted by Gasteiger charge is -2.08. The first-order valence-electron chi connectivity index (χ1n) is 6.50. The van der Waals surface area contributed by atoms with E-state index in [1.165, 1.54) is 7.11 Å². The fourth-order valence-electron chi connectivity index (χ4n) is 1.70. The number of ether oxygens (including phenoxy) is 1. The Morgan fingerprint density at radius 3 is 2.71 bits per heavy atom. The quantitative estimate of drug-likeness (QED) is 0.367. The molecule has 0 radical (unpaired) electrons. The van der Waals surface area contributed by atoms with Crippen LogP contribution >= 0.6 is 0 Å². The second-order valence-corrected chi connectivity index (χ2v) is 4.27. The van der Waals surface area contributed by atoms with Crippen molar-refractivity contribution < 1.29 is 18.8 Å². The molecule has 1 N–H and O–H groups in total. The van der Waals surface area contributed by atoms with E-state index in [9.17, 15) is 4.79 Å². The van der Waals surface area contributed by atoms with Crippen LogP contribution in [0.1, 0.15) is 11.3 Å². The predicted molar refractivity (Wildman–Crippen MR) is 77.9 cm³/mol. The monoisotopic (exact) mass is 287 g/mol. The molecule has 0 unspecified atom stereocenters. The van der Waals surface area contributed by atoms with E-state index in [1.807, 2.05) is 30.3 Å². The molecule has 2 aromatic rings. The fourth-order valence-corrected chi connectivity index (χ4v) is 1.70. The number of esters is 1. The van der Waals surface area contributed by atoms with Gasteiger partial charge in [-0.3, -0.25) is 4.84 Å². The van der Waals surface area contributed by atoms with Crippen molar-refractivity contribution in [3.63, 3.8) is 0 Å². The largest absolute Gasteiger partial charge is 0.466 e. The van der Waals surface area contributed by atoms with Crippen LogP contribution in [-0.2, 0) is 21.0 Å². The number of hydrogen-bond donors (Lipinski definition) is 1. The van der Waals surface area contributed by atoms with Crippen molar-refractivity contribution >= 4 is 12.0 Å². The van der Waals surface area contributed by atoms with Crippen molar-refractivity contribution in [2.75, 3.05) is 13.7 Å². The molecule has 0 saturated heterocycles. The van der Waals surface area contributed by atoms with Gasteiger partial charge in [0.25, 0.3) is 0 Å². The summed E-state index contributed by atoms with van der Waals surface area (Å²) in [5, 5.41) is 0. The third kappa shape index (κ3) is 4.91. The predicted octanol–water partition coefficient (Wildman–Crippen LogP) is 2.56. The van der Waals surface area contributed by atoms with Gasteiger partial charge in [-0.25, -0.2) is 4.79 Å². The minimum absolute atomic E-state index is 0.222. The van der Waals surface area contributed by atoms with E-state index in [2.05, 4.69) is 5.48 Å². The summed E-state index contributed by atoms with van der Waals surface area (Å²) in [5.74, 6) is 0.155. The lowest BCUT2D eigenvalue weighted by Crippen LogP contribution is -2.22. The van der Waals surface area contributed by atoms with Crippen LogP contribution in [-0.4, -0.2) is 19.6 Å². The molecule has 1 aromatic carbocycles. The number of rotatable bonds is 7. The number of carbonyl (C=O) groups is 1. The van der Waals surface area contributed by atoms with Gasteiger partial charge >= 0.3 is 5.97 Å². The van der Waals surface area contributed by atoms with Crippen LogP contribution in [0.25, 0.3) is 6.08 Å². The molecule has 0 bridgehead atoms. The second kappa shape index (κ2) is 8.04. The smallest absolute Gasteiger partial charge is 0.335 e. The van der Waals surface area contributed by atoms with Crippen molar-refractivity contribution in [3.05, 3.63) is 65.6 Å². The molecular formula is C16H17NO4. The van der Waals surface area contributed by atoms with Gasteiger partial charge in [0, 0.05) is 0 Å². The van der Waals surface area contributed by atoms with Gasteiger partial charge in [0.1, 0.15) is 5.76 Å². The molecule has 0 aliphatic rings. The van der Waals surface area contributed by atoms with Gasteiger partial charge in [-0.15, -0.1) is 0 Å². The molecule has 1 aromatic heterocycles. The Morgan fingerprint density at radius 2 is 2.05 bits per heavy atom. The number of carbonyl (C=O) groups excluding carboxylic acids is 1. The van der Waals surface area contributed by atoms with Gasteiger partial charge in [0.15, 0.2) is 0 Å². The van der Waals surface area contributed by atoms with Crippen LogP contribution in [0.2, 0.25) is 0 Å². The Balaban J connectivity index is 1.86. The summed E-state index contributed by atoms with van der Waals surface area (Å²) in [4.78, 5) is 17.0. The van der Waals surface area contributed by atoms with Gasteiger partial charge < -0.3 is 9.15 Å². The molecule has 0 amide bonds. The summed E-state index contributed by atoms with van der Waals surface area (Å²) < 4.78 is 9.91. The van der Waals surface area contributed by atoms with Crippen LogP contribution in [0.4, 0.5) is 0 Å². The average molecular weight is 287 g/mol. The molecular weight excluding hydrogens is 270 g/mol. The topological polar surface area (TPSA) is 60.7 Å². The van der Waals surface area contributed by atoms with Crippen molar-refractivity contribution in [3.8, 4) is 0 Å². The summed E-state index contributed by atoms with van der Waals surface area (Å²) in [5.41, 5.74) is 4.21. The van der Waals surface area contributed by atoms with Gasteiger partial charge in [0.05, 0.1) is 32.1 Å².